The van der Waals surface area contributed by atoms with Crippen LogP contribution in [0.15, 0.2) is 53.1 Å². The molecule has 0 aliphatic heterocycles. The summed E-state index contributed by atoms with van der Waals surface area (Å²) in [4.78, 5) is 12.7. The first kappa shape index (κ1) is 12.8. The predicted molar refractivity (Wildman–Crippen MR) is 77.7 cm³/mol. The van der Waals surface area contributed by atoms with Crippen molar-refractivity contribution in [3.05, 3.63) is 64.9 Å². The second-order valence-corrected chi connectivity index (χ2v) is 4.76. The van der Waals surface area contributed by atoms with Crippen molar-refractivity contribution in [2.24, 2.45) is 0 Å². The highest BCUT2D eigenvalue weighted by atomic mass is 35.5. The number of furan rings is 1. The first-order valence-electron chi connectivity index (χ1n) is 6.05. The molecule has 1 aromatic heterocycles. The number of halogens is 1. The minimum Gasteiger partial charge on any atom is -0.496 e. The second-order valence-electron chi connectivity index (χ2n) is 4.32. The van der Waals surface area contributed by atoms with Crippen LogP contribution in [-0.4, -0.2) is 12.9 Å². The van der Waals surface area contributed by atoms with Crippen LogP contribution in [0.25, 0.3) is 11.0 Å². The maximum atomic E-state index is 12.7. The van der Waals surface area contributed by atoms with Crippen LogP contribution >= 0.6 is 11.6 Å². The van der Waals surface area contributed by atoms with Crippen LogP contribution in [0.3, 0.4) is 0 Å². The van der Waals surface area contributed by atoms with Crippen molar-refractivity contribution in [1.29, 1.82) is 0 Å². The molecule has 100 valence electrons. The zero-order valence-corrected chi connectivity index (χ0v) is 11.5. The van der Waals surface area contributed by atoms with Crippen LogP contribution in [-0.2, 0) is 0 Å². The summed E-state index contributed by atoms with van der Waals surface area (Å²) in [5.41, 5.74) is 1.60. The van der Waals surface area contributed by atoms with Crippen molar-refractivity contribution in [2.75, 3.05) is 7.11 Å². The molecule has 3 nitrogen and oxygen atoms in total. The molecule has 0 spiro atoms. The van der Waals surface area contributed by atoms with Crippen molar-refractivity contribution >= 4 is 28.4 Å². The molecular formula is C16H11ClO3. The highest BCUT2D eigenvalue weighted by molar-refractivity contribution is 6.31. The van der Waals surface area contributed by atoms with Gasteiger partial charge in [0.25, 0.3) is 0 Å². The largest absolute Gasteiger partial charge is 0.496 e. The lowest BCUT2D eigenvalue weighted by Gasteiger charge is -2.07. The molecule has 0 N–H and O–H groups in total. The fourth-order valence-electron chi connectivity index (χ4n) is 2.16. The van der Waals surface area contributed by atoms with E-state index in [0.29, 0.717) is 27.5 Å². The Hall–Kier alpha value is -2.26. The van der Waals surface area contributed by atoms with Crippen LogP contribution in [0.5, 0.6) is 5.75 Å². The monoisotopic (exact) mass is 286 g/mol. The summed E-state index contributed by atoms with van der Waals surface area (Å²) >= 11 is 5.97. The fraction of sp³-hybridized carbons (Fsp3) is 0.0625. The Morgan fingerprint density at radius 3 is 2.75 bits per heavy atom. The maximum Gasteiger partial charge on any atom is 0.200 e. The van der Waals surface area contributed by atoms with Crippen molar-refractivity contribution in [3.8, 4) is 5.75 Å². The first-order valence-corrected chi connectivity index (χ1v) is 6.43. The SMILES string of the molecule is COc1ccc(Cl)cc1C(=O)c1coc2ccccc12. The van der Waals surface area contributed by atoms with Gasteiger partial charge in [-0.3, -0.25) is 4.79 Å². The van der Waals surface area contributed by atoms with Crippen LogP contribution in [0.2, 0.25) is 5.02 Å². The van der Waals surface area contributed by atoms with Crippen LogP contribution in [0, 0.1) is 0 Å². The molecule has 0 saturated carbocycles. The minimum atomic E-state index is -0.172. The van der Waals surface area contributed by atoms with Crippen molar-refractivity contribution in [1.82, 2.24) is 0 Å². The summed E-state index contributed by atoms with van der Waals surface area (Å²) in [6, 6.07) is 12.4. The summed E-state index contributed by atoms with van der Waals surface area (Å²) < 4.78 is 10.6. The highest BCUT2D eigenvalue weighted by Crippen LogP contribution is 2.29. The van der Waals surface area contributed by atoms with Crippen molar-refractivity contribution < 1.29 is 13.9 Å². The van der Waals surface area contributed by atoms with Gasteiger partial charge in [0.05, 0.1) is 18.2 Å². The summed E-state index contributed by atoms with van der Waals surface area (Å²) in [5, 5.41) is 1.27. The number of carbonyl (C=O) groups is 1. The van der Waals surface area contributed by atoms with E-state index in [0.717, 1.165) is 5.39 Å². The number of benzene rings is 2. The van der Waals surface area contributed by atoms with E-state index in [9.17, 15) is 4.79 Å². The molecule has 0 fully saturated rings. The van der Waals surface area contributed by atoms with E-state index < -0.39 is 0 Å². The third kappa shape index (κ3) is 2.06. The smallest absolute Gasteiger partial charge is 0.200 e. The lowest BCUT2D eigenvalue weighted by Crippen LogP contribution is -2.03. The molecule has 0 aliphatic carbocycles. The molecule has 0 aliphatic rings. The molecule has 2 aromatic carbocycles. The summed E-state index contributed by atoms with van der Waals surface area (Å²) in [6.45, 7) is 0. The van der Waals surface area contributed by atoms with Gasteiger partial charge in [-0.1, -0.05) is 29.8 Å². The molecular weight excluding hydrogens is 276 g/mol. The lowest BCUT2D eigenvalue weighted by atomic mass is 10.0. The Kier molecular flexibility index (Phi) is 3.20. The van der Waals surface area contributed by atoms with Gasteiger partial charge >= 0.3 is 0 Å². The number of fused-ring (bicyclic) bond motifs is 1. The van der Waals surface area contributed by atoms with Crippen LogP contribution in [0.4, 0.5) is 0 Å². The van der Waals surface area contributed by atoms with Crippen LogP contribution < -0.4 is 4.74 Å². The third-order valence-corrected chi connectivity index (χ3v) is 3.37. The standard InChI is InChI=1S/C16H11ClO3/c1-19-14-7-6-10(17)8-12(14)16(18)13-9-20-15-5-3-2-4-11(13)15/h2-9H,1H3. The topological polar surface area (TPSA) is 39.4 Å². The number of methoxy groups -OCH3 is 1. The Morgan fingerprint density at radius 1 is 1.15 bits per heavy atom. The zero-order valence-electron chi connectivity index (χ0n) is 10.7. The molecule has 0 bridgehead atoms. The Labute approximate surface area is 120 Å². The summed E-state index contributed by atoms with van der Waals surface area (Å²) in [6.07, 6.45) is 1.47. The van der Waals surface area contributed by atoms with Gasteiger partial charge in [-0.15, -0.1) is 0 Å². The highest BCUT2D eigenvalue weighted by Gasteiger charge is 2.19. The average molecular weight is 287 g/mol. The van der Waals surface area contributed by atoms with E-state index in [1.807, 2.05) is 24.3 Å². The Bertz CT molecular complexity index is 789. The Morgan fingerprint density at radius 2 is 1.95 bits per heavy atom. The molecule has 0 unspecified atom stereocenters. The fourth-order valence-corrected chi connectivity index (χ4v) is 2.33. The molecule has 0 radical (unpaired) electrons. The van der Waals surface area contributed by atoms with E-state index in [1.165, 1.54) is 13.4 Å². The van der Waals surface area contributed by atoms with E-state index in [2.05, 4.69) is 0 Å². The molecule has 3 aromatic rings. The Balaban J connectivity index is 2.15. The van der Waals surface area contributed by atoms with Crippen molar-refractivity contribution in [2.45, 2.75) is 0 Å². The number of para-hydroxylation sites is 1. The molecule has 1 heterocycles. The van der Waals surface area contributed by atoms with Gasteiger partial charge < -0.3 is 9.15 Å². The molecule has 0 saturated heterocycles. The third-order valence-electron chi connectivity index (χ3n) is 3.13. The number of hydrogen-bond acceptors (Lipinski definition) is 3. The minimum absolute atomic E-state index is 0.172. The normalized spacial score (nSPS) is 10.7. The molecule has 3 rings (SSSR count). The van der Waals surface area contributed by atoms with E-state index >= 15 is 0 Å². The molecule has 20 heavy (non-hydrogen) atoms. The second kappa shape index (κ2) is 5.02. The number of rotatable bonds is 3. The number of hydrogen-bond donors (Lipinski definition) is 0. The van der Waals surface area contributed by atoms with Crippen molar-refractivity contribution in [3.63, 3.8) is 0 Å². The van der Waals surface area contributed by atoms with Gasteiger partial charge in [-0.05, 0) is 24.3 Å². The van der Waals surface area contributed by atoms with Gasteiger partial charge in [0, 0.05) is 10.4 Å². The molecule has 4 heteroatoms. The van der Waals surface area contributed by atoms with Gasteiger partial charge in [-0.2, -0.15) is 0 Å². The van der Waals surface area contributed by atoms with Gasteiger partial charge in [0.1, 0.15) is 17.6 Å². The first-order chi connectivity index (χ1) is 9.70. The number of ether oxygens (including phenoxy) is 1. The number of carbonyl (C=O) groups excluding carboxylic acids is 1. The van der Waals surface area contributed by atoms with E-state index in [-0.39, 0.29) is 5.78 Å². The number of ketones is 1. The molecule has 0 atom stereocenters. The van der Waals surface area contributed by atoms with Crippen LogP contribution in [0.1, 0.15) is 15.9 Å². The van der Waals surface area contributed by atoms with Gasteiger partial charge in [-0.25, -0.2) is 0 Å². The lowest BCUT2D eigenvalue weighted by molar-refractivity contribution is 0.103. The van der Waals surface area contributed by atoms with E-state index in [4.69, 9.17) is 20.8 Å². The maximum absolute atomic E-state index is 12.7. The zero-order chi connectivity index (χ0) is 14.1. The quantitative estimate of drug-likeness (QED) is 0.673. The summed E-state index contributed by atoms with van der Waals surface area (Å²) in [5.74, 6) is 0.319. The van der Waals surface area contributed by atoms with E-state index in [1.54, 1.807) is 18.2 Å². The molecule has 0 amide bonds. The average Bonchev–Trinajstić information content (AvgIpc) is 2.90. The van der Waals surface area contributed by atoms with Gasteiger partial charge in [0.2, 0.25) is 5.78 Å². The predicted octanol–water partition coefficient (Wildman–Crippen LogP) is 4.33. The van der Waals surface area contributed by atoms with Gasteiger partial charge in [0.15, 0.2) is 0 Å². The summed E-state index contributed by atoms with van der Waals surface area (Å²) in [7, 11) is 1.52.